The highest BCUT2D eigenvalue weighted by Crippen LogP contribution is 2.18. The molecule has 1 aromatic carbocycles. The molecule has 1 unspecified atom stereocenters. The van der Waals surface area contributed by atoms with Crippen LogP contribution in [-0.2, 0) is 16.0 Å². The summed E-state index contributed by atoms with van der Waals surface area (Å²) in [5.41, 5.74) is 1.56. The van der Waals surface area contributed by atoms with Crippen LogP contribution in [0, 0.1) is 0 Å². The van der Waals surface area contributed by atoms with Crippen LogP contribution < -0.4 is 10.2 Å². The van der Waals surface area contributed by atoms with Crippen molar-refractivity contribution in [2.75, 3.05) is 25.5 Å². The minimum atomic E-state index is -1.77. The molecule has 10 heteroatoms. The van der Waals surface area contributed by atoms with E-state index < -0.39 is 24.9 Å². The quantitative estimate of drug-likeness (QED) is 0.402. The lowest BCUT2D eigenvalue weighted by atomic mass is 9.76. The zero-order chi connectivity index (χ0) is 22.3. The van der Waals surface area contributed by atoms with Gasteiger partial charge in [0.25, 0.3) is 11.8 Å². The molecular formula is C20H24BN3O5S. The molecule has 0 aliphatic rings. The number of rotatable bonds is 9. The Labute approximate surface area is 179 Å². The molecule has 0 saturated heterocycles. The molecule has 1 heterocycles. The SMILES string of the molecule is C=CC(=O)N(CC(=O)NC(Cc1ccsc1)B(O)O)c1cccc(C(=O)N(C)C)c1. The second kappa shape index (κ2) is 10.7. The minimum absolute atomic E-state index is 0.231. The Morgan fingerprint density at radius 1 is 1.27 bits per heavy atom. The Balaban J connectivity index is 2.18. The molecule has 30 heavy (non-hydrogen) atoms. The average molecular weight is 429 g/mol. The van der Waals surface area contributed by atoms with E-state index in [9.17, 15) is 24.4 Å². The van der Waals surface area contributed by atoms with Crippen LogP contribution in [0.25, 0.3) is 0 Å². The van der Waals surface area contributed by atoms with Gasteiger partial charge < -0.3 is 20.3 Å². The number of carbonyl (C=O) groups is 3. The maximum absolute atomic E-state index is 12.6. The predicted octanol–water partition coefficient (Wildman–Crippen LogP) is 0.708. The Kier molecular flexibility index (Phi) is 8.34. The summed E-state index contributed by atoms with van der Waals surface area (Å²) in [6, 6.07) is 8.17. The van der Waals surface area contributed by atoms with Gasteiger partial charge in [0, 0.05) is 25.3 Å². The van der Waals surface area contributed by atoms with Crippen molar-refractivity contribution in [1.82, 2.24) is 10.2 Å². The summed E-state index contributed by atoms with van der Waals surface area (Å²) in [6.45, 7) is 3.08. The minimum Gasteiger partial charge on any atom is -0.426 e. The van der Waals surface area contributed by atoms with Gasteiger partial charge >= 0.3 is 7.12 Å². The first-order chi connectivity index (χ1) is 14.2. The van der Waals surface area contributed by atoms with E-state index in [1.807, 2.05) is 16.8 Å². The Morgan fingerprint density at radius 2 is 2.00 bits per heavy atom. The van der Waals surface area contributed by atoms with Gasteiger partial charge in [0.05, 0.1) is 5.94 Å². The molecular weight excluding hydrogens is 405 g/mol. The predicted molar refractivity (Wildman–Crippen MR) is 117 cm³/mol. The van der Waals surface area contributed by atoms with Crippen LogP contribution >= 0.6 is 11.3 Å². The highest BCUT2D eigenvalue weighted by molar-refractivity contribution is 7.07. The van der Waals surface area contributed by atoms with Crippen molar-refractivity contribution in [3.8, 4) is 0 Å². The molecule has 0 spiro atoms. The van der Waals surface area contributed by atoms with Crippen molar-refractivity contribution >= 4 is 41.9 Å². The third-order valence-corrected chi connectivity index (χ3v) is 5.03. The summed E-state index contributed by atoms with van der Waals surface area (Å²) < 4.78 is 0. The monoisotopic (exact) mass is 429 g/mol. The molecule has 0 radical (unpaired) electrons. The molecule has 2 aromatic rings. The molecule has 0 aliphatic carbocycles. The molecule has 3 amide bonds. The third-order valence-electron chi connectivity index (χ3n) is 4.30. The Hall–Kier alpha value is -2.95. The van der Waals surface area contributed by atoms with Crippen LogP contribution in [0.2, 0.25) is 0 Å². The topological polar surface area (TPSA) is 110 Å². The van der Waals surface area contributed by atoms with Crippen molar-refractivity contribution in [3.63, 3.8) is 0 Å². The number of amides is 3. The van der Waals surface area contributed by atoms with E-state index in [1.54, 1.807) is 32.3 Å². The van der Waals surface area contributed by atoms with Crippen molar-refractivity contribution in [3.05, 3.63) is 64.9 Å². The zero-order valence-electron chi connectivity index (χ0n) is 16.8. The fourth-order valence-electron chi connectivity index (χ4n) is 2.76. The molecule has 8 nitrogen and oxygen atoms in total. The van der Waals surface area contributed by atoms with E-state index in [4.69, 9.17) is 0 Å². The van der Waals surface area contributed by atoms with E-state index >= 15 is 0 Å². The van der Waals surface area contributed by atoms with Crippen LogP contribution in [-0.4, -0.2) is 66.4 Å². The molecule has 0 aliphatic heterocycles. The fourth-order valence-corrected chi connectivity index (χ4v) is 3.44. The normalized spacial score (nSPS) is 11.3. The van der Waals surface area contributed by atoms with Gasteiger partial charge in [-0.05, 0) is 53.1 Å². The van der Waals surface area contributed by atoms with Crippen LogP contribution in [0.5, 0.6) is 0 Å². The number of hydrogen-bond donors (Lipinski definition) is 3. The van der Waals surface area contributed by atoms with E-state index in [1.165, 1.54) is 27.2 Å². The van der Waals surface area contributed by atoms with E-state index in [2.05, 4.69) is 11.9 Å². The van der Waals surface area contributed by atoms with E-state index in [-0.39, 0.29) is 18.9 Å². The number of nitrogens with zero attached hydrogens (tertiary/aromatic N) is 2. The molecule has 2 rings (SSSR count). The first-order valence-corrected chi connectivity index (χ1v) is 10.1. The number of hydrogen-bond acceptors (Lipinski definition) is 6. The largest absolute Gasteiger partial charge is 0.475 e. The average Bonchev–Trinajstić information content (AvgIpc) is 3.23. The molecule has 158 valence electrons. The third kappa shape index (κ3) is 6.28. The lowest BCUT2D eigenvalue weighted by Crippen LogP contribution is -2.51. The summed E-state index contributed by atoms with van der Waals surface area (Å²) in [4.78, 5) is 39.8. The number of anilines is 1. The number of carbonyl (C=O) groups excluding carboxylic acids is 3. The summed E-state index contributed by atoms with van der Waals surface area (Å²) in [6.07, 6.45) is 1.30. The molecule has 1 atom stereocenters. The Bertz CT molecular complexity index is 902. The first-order valence-electron chi connectivity index (χ1n) is 9.15. The van der Waals surface area contributed by atoms with Gasteiger partial charge in [-0.15, -0.1) is 0 Å². The highest BCUT2D eigenvalue weighted by Gasteiger charge is 2.27. The van der Waals surface area contributed by atoms with Gasteiger partial charge in [-0.1, -0.05) is 12.6 Å². The first kappa shape index (κ1) is 23.3. The molecule has 0 saturated carbocycles. The maximum atomic E-state index is 12.6. The molecule has 0 fully saturated rings. The maximum Gasteiger partial charge on any atom is 0.475 e. The second-order valence-corrected chi connectivity index (χ2v) is 7.58. The highest BCUT2D eigenvalue weighted by atomic mass is 32.1. The smallest absolute Gasteiger partial charge is 0.426 e. The van der Waals surface area contributed by atoms with Crippen molar-refractivity contribution in [2.45, 2.75) is 12.4 Å². The van der Waals surface area contributed by atoms with Gasteiger partial charge in [0.1, 0.15) is 6.54 Å². The molecule has 3 N–H and O–H groups in total. The van der Waals surface area contributed by atoms with Crippen molar-refractivity contribution in [1.29, 1.82) is 0 Å². The van der Waals surface area contributed by atoms with Crippen molar-refractivity contribution in [2.24, 2.45) is 0 Å². The van der Waals surface area contributed by atoms with Gasteiger partial charge in [-0.2, -0.15) is 11.3 Å². The standard InChI is InChI=1S/C20H24BN3O5S/c1-4-19(26)24(16-7-5-6-15(11-16)20(27)23(2)3)12-18(25)22-17(21(28)29)10-14-8-9-30-13-14/h4-9,11,13,17,28-29H,1,10,12H2,2-3H3,(H,22,25). The summed E-state index contributed by atoms with van der Waals surface area (Å²) in [5, 5.41) is 25.5. The lowest BCUT2D eigenvalue weighted by Gasteiger charge is -2.24. The summed E-state index contributed by atoms with van der Waals surface area (Å²) >= 11 is 1.46. The van der Waals surface area contributed by atoms with E-state index in [0.29, 0.717) is 11.3 Å². The van der Waals surface area contributed by atoms with Crippen LogP contribution in [0.3, 0.4) is 0 Å². The van der Waals surface area contributed by atoms with E-state index in [0.717, 1.165) is 11.6 Å². The molecule has 0 bridgehead atoms. The van der Waals surface area contributed by atoms with Gasteiger partial charge in [-0.3, -0.25) is 19.3 Å². The van der Waals surface area contributed by atoms with Gasteiger partial charge in [-0.25, -0.2) is 0 Å². The zero-order valence-corrected chi connectivity index (χ0v) is 17.6. The fraction of sp³-hybridized carbons (Fsp3) is 0.250. The Morgan fingerprint density at radius 3 is 2.57 bits per heavy atom. The number of nitrogens with one attached hydrogen (secondary N) is 1. The second-order valence-electron chi connectivity index (χ2n) is 6.80. The summed E-state index contributed by atoms with van der Waals surface area (Å²) in [7, 11) is 1.46. The van der Waals surface area contributed by atoms with Crippen molar-refractivity contribution < 1.29 is 24.4 Å². The van der Waals surface area contributed by atoms with Crippen LogP contribution in [0.1, 0.15) is 15.9 Å². The lowest BCUT2D eigenvalue weighted by molar-refractivity contribution is -0.122. The van der Waals surface area contributed by atoms with Crippen LogP contribution in [0.4, 0.5) is 5.69 Å². The molecule has 1 aromatic heterocycles. The van der Waals surface area contributed by atoms with Gasteiger partial charge in [0.2, 0.25) is 5.91 Å². The van der Waals surface area contributed by atoms with Crippen LogP contribution in [0.15, 0.2) is 53.7 Å². The van der Waals surface area contributed by atoms with Gasteiger partial charge in [0.15, 0.2) is 0 Å². The summed E-state index contributed by atoms with van der Waals surface area (Å²) in [5.74, 6) is -2.29. The number of thiophene rings is 1. The number of benzene rings is 1.